The molecule has 0 aromatic carbocycles. The van der Waals surface area contributed by atoms with Gasteiger partial charge in [-0.25, -0.2) is 4.39 Å². The Bertz CT molecular complexity index is 392. The second-order valence-corrected chi connectivity index (χ2v) is 2.94. The van der Waals surface area contributed by atoms with Crippen molar-refractivity contribution in [3.63, 3.8) is 0 Å². The highest BCUT2D eigenvalue weighted by molar-refractivity contribution is 6.07. The van der Waals surface area contributed by atoms with E-state index in [4.69, 9.17) is 0 Å². The number of pyridine rings is 1. The van der Waals surface area contributed by atoms with E-state index < -0.39 is 23.5 Å². The van der Waals surface area contributed by atoms with Gasteiger partial charge in [0.1, 0.15) is 11.6 Å². The number of ketones is 1. The van der Waals surface area contributed by atoms with Crippen molar-refractivity contribution in [1.29, 1.82) is 0 Å². The highest BCUT2D eigenvalue weighted by atomic mass is 19.1. The summed E-state index contributed by atoms with van der Waals surface area (Å²) < 4.78 is 17.5. The second-order valence-electron chi connectivity index (χ2n) is 2.94. The zero-order chi connectivity index (χ0) is 11.4. The van der Waals surface area contributed by atoms with Crippen molar-refractivity contribution >= 4 is 11.8 Å². The van der Waals surface area contributed by atoms with Gasteiger partial charge < -0.3 is 4.74 Å². The van der Waals surface area contributed by atoms with Crippen molar-refractivity contribution in [2.24, 2.45) is 5.92 Å². The largest absolute Gasteiger partial charge is 0.468 e. The predicted octanol–water partition coefficient (Wildman–Crippen LogP) is 1.21. The molecule has 15 heavy (non-hydrogen) atoms. The lowest BCUT2D eigenvalue weighted by Crippen LogP contribution is -2.24. The number of halogens is 1. The highest BCUT2D eigenvalue weighted by Crippen LogP contribution is 2.11. The van der Waals surface area contributed by atoms with Crippen molar-refractivity contribution in [3.05, 3.63) is 29.8 Å². The van der Waals surface area contributed by atoms with Crippen LogP contribution in [0.5, 0.6) is 0 Å². The number of esters is 1. The SMILES string of the molecule is COC(=O)C(C)C(=O)c1ncccc1F. The molecule has 0 radical (unpaired) electrons. The summed E-state index contributed by atoms with van der Waals surface area (Å²) >= 11 is 0. The fourth-order valence-corrected chi connectivity index (χ4v) is 1.06. The Balaban J connectivity index is 2.95. The van der Waals surface area contributed by atoms with Gasteiger partial charge in [-0.05, 0) is 19.1 Å². The quantitative estimate of drug-likeness (QED) is 0.428. The zero-order valence-electron chi connectivity index (χ0n) is 8.36. The van der Waals surface area contributed by atoms with E-state index in [1.54, 1.807) is 0 Å². The van der Waals surface area contributed by atoms with Crippen LogP contribution in [0.4, 0.5) is 4.39 Å². The summed E-state index contributed by atoms with van der Waals surface area (Å²) in [5.41, 5.74) is -0.338. The molecule has 5 heteroatoms. The van der Waals surface area contributed by atoms with E-state index in [-0.39, 0.29) is 5.69 Å². The van der Waals surface area contributed by atoms with E-state index in [9.17, 15) is 14.0 Å². The van der Waals surface area contributed by atoms with Gasteiger partial charge in [-0.1, -0.05) is 0 Å². The van der Waals surface area contributed by atoms with E-state index >= 15 is 0 Å². The van der Waals surface area contributed by atoms with Crippen molar-refractivity contribution < 1.29 is 18.7 Å². The maximum Gasteiger partial charge on any atom is 0.316 e. The van der Waals surface area contributed by atoms with Gasteiger partial charge in [0.2, 0.25) is 0 Å². The molecule has 0 saturated heterocycles. The van der Waals surface area contributed by atoms with Crippen LogP contribution >= 0.6 is 0 Å². The molecule has 0 aliphatic carbocycles. The van der Waals surface area contributed by atoms with Crippen molar-refractivity contribution in [2.75, 3.05) is 7.11 Å². The summed E-state index contributed by atoms with van der Waals surface area (Å²) in [6.07, 6.45) is 1.29. The fourth-order valence-electron chi connectivity index (χ4n) is 1.06. The third-order valence-corrected chi connectivity index (χ3v) is 1.94. The van der Waals surface area contributed by atoms with Gasteiger partial charge in [0, 0.05) is 6.20 Å². The molecule has 1 aromatic heterocycles. The summed E-state index contributed by atoms with van der Waals surface area (Å²) in [7, 11) is 1.17. The van der Waals surface area contributed by atoms with E-state index in [1.807, 2.05) is 0 Å². The Morgan fingerprint density at radius 1 is 1.53 bits per heavy atom. The van der Waals surface area contributed by atoms with Gasteiger partial charge in [-0.3, -0.25) is 14.6 Å². The lowest BCUT2D eigenvalue weighted by Gasteiger charge is -2.07. The number of hydrogen-bond acceptors (Lipinski definition) is 4. The van der Waals surface area contributed by atoms with Crippen LogP contribution in [0.1, 0.15) is 17.4 Å². The molecule has 0 fully saturated rings. The monoisotopic (exact) mass is 211 g/mol. The minimum absolute atomic E-state index is 0.338. The minimum Gasteiger partial charge on any atom is -0.468 e. The maximum absolute atomic E-state index is 13.1. The molecule has 0 spiro atoms. The van der Waals surface area contributed by atoms with Crippen LogP contribution in [0.3, 0.4) is 0 Å². The minimum atomic E-state index is -1.04. The van der Waals surface area contributed by atoms with Gasteiger partial charge in [-0.2, -0.15) is 0 Å². The van der Waals surface area contributed by atoms with Gasteiger partial charge in [0.15, 0.2) is 11.6 Å². The van der Waals surface area contributed by atoms with Crippen LogP contribution in [0.25, 0.3) is 0 Å². The molecule has 0 saturated carbocycles. The van der Waals surface area contributed by atoms with Crippen LogP contribution in [0.15, 0.2) is 18.3 Å². The third-order valence-electron chi connectivity index (χ3n) is 1.94. The summed E-state index contributed by atoms with van der Waals surface area (Å²) in [6.45, 7) is 1.35. The Morgan fingerprint density at radius 2 is 2.20 bits per heavy atom. The molecule has 0 N–H and O–H groups in total. The summed E-state index contributed by atoms with van der Waals surface area (Å²) in [5.74, 6) is -3.16. The van der Waals surface area contributed by atoms with Crippen molar-refractivity contribution in [1.82, 2.24) is 4.98 Å². The molecule has 80 valence electrons. The van der Waals surface area contributed by atoms with Gasteiger partial charge in [0.05, 0.1) is 7.11 Å². The molecular formula is C10H10FNO3. The fraction of sp³-hybridized carbons (Fsp3) is 0.300. The molecule has 1 heterocycles. The second kappa shape index (κ2) is 4.63. The average molecular weight is 211 g/mol. The topological polar surface area (TPSA) is 56.3 Å². The summed E-state index contributed by atoms with van der Waals surface area (Å²) in [4.78, 5) is 26.2. The van der Waals surface area contributed by atoms with Crippen molar-refractivity contribution in [3.8, 4) is 0 Å². The third kappa shape index (κ3) is 2.37. The van der Waals surface area contributed by atoms with Gasteiger partial charge in [-0.15, -0.1) is 0 Å². The smallest absolute Gasteiger partial charge is 0.316 e. The lowest BCUT2D eigenvalue weighted by molar-refractivity contribution is -0.143. The summed E-state index contributed by atoms with van der Waals surface area (Å²) in [6, 6.07) is 2.49. The van der Waals surface area contributed by atoms with E-state index in [2.05, 4.69) is 9.72 Å². The van der Waals surface area contributed by atoms with Crippen LogP contribution < -0.4 is 0 Å². The van der Waals surface area contributed by atoms with Gasteiger partial charge >= 0.3 is 5.97 Å². The van der Waals surface area contributed by atoms with E-state index in [0.717, 1.165) is 6.07 Å². The first-order valence-corrected chi connectivity index (χ1v) is 4.30. The van der Waals surface area contributed by atoms with E-state index in [0.29, 0.717) is 0 Å². The molecule has 1 rings (SSSR count). The Morgan fingerprint density at radius 3 is 2.73 bits per heavy atom. The number of Topliss-reactive ketones (excluding diaryl/α,β-unsaturated/α-hetero) is 1. The Labute approximate surface area is 86.1 Å². The number of carbonyl (C=O) groups excluding carboxylic acids is 2. The van der Waals surface area contributed by atoms with Crippen LogP contribution in [0, 0.1) is 11.7 Å². The number of methoxy groups -OCH3 is 1. The first-order chi connectivity index (χ1) is 7.07. The molecule has 1 aromatic rings. The molecular weight excluding hydrogens is 201 g/mol. The van der Waals surface area contributed by atoms with Crippen LogP contribution in [0.2, 0.25) is 0 Å². The first-order valence-electron chi connectivity index (χ1n) is 4.30. The predicted molar refractivity (Wildman–Crippen MR) is 49.7 cm³/mol. The number of hydrogen-bond donors (Lipinski definition) is 0. The molecule has 0 amide bonds. The molecule has 1 unspecified atom stereocenters. The Kier molecular flexibility index (Phi) is 3.49. The van der Waals surface area contributed by atoms with E-state index in [1.165, 1.54) is 26.3 Å². The standard InChI is InChI=1S/C10H10FNO3/c1-6(10(14)15-2)9(13)8-7(11)4-3-5-12-8/h3-6H,1-2H3. The number of nitrogens with zero attached hydrogens (tertiary/aromatic N) is 1. The summed E-state index contributed by atoms with van der Waals surface area (Å²) in [5, 5.41) is 0. The molecule has 0 aliphatic heterocycles. The molecule has 1 atom stereocenters. The molecule has 0 bridgehead atoms. The average Bonchev–Trinajstić information content (AvgIpc) is 2.26. The van der Waals surface area contributed by atoms with Crippen molar-refractivity contribution in [2.45, 2.75) is 6.92 Å². The van der Waals surface area contributed by atoms with Gasteiger partial charge in [0.25, 0.3) is 0 Å². The first kappa shape index (κ1) is 11.3. The zero-order valence-corrected chi connectivity index (χ0v) is 8.36. The number of rotatable bonds is 3. The van der Waals surface area contributed by atoms with Crippen LogP contribution in [-0.4, -0.2) is 23.8 Å². The normalized spacial score (nSPS) is 11.9. The van der Waals surface area contributed by atoms with Crippen LogP contribution in [-0.2, 0) is 9.53 Å². The molecule has 0 aliphatic rings. The molecule has 4 nitrogen and oxygen atoms in total. The number of ether oxygens (including phenoxy) is 1. The number of carbonyl (C=O) groups is 2. The maximum atomic E-state index is 13.1. The Hall–Kier alpha value is -1.78. The number of aromatic nitrogens is 1. The highest BCUT2D eigenvalue weighted by Gasteiger charge is 2.26. The lowest BCUT2D eigenvalue weighted by atomic mass is 10.0.